The molecule has 4 aromatic rings. The summed E-state index contributed by atoms with van der Waals surface area (Å²) < 4.78 is 7.39. The monoisotopic (exact) mass is 406 g/mol. The molecule has 5 rings (SSSR count). The van der Waals surface area contributed by atoms with Gasteiger partial charge in [-0.05, 0) is 43.5 Å². The summed E-state index contributed by atoms with van der Waals surface area (Å²) in [4.78, 5) is 32.2. The van der Waals surface area contributed by atoms with Gasteiger partial charge < -0.3 is 9.32 Å². The summed E-state index contributed by atoms with van der Waals surface area (Å²) in [5.41, 5.74) is 2.55. The van der Waals surface area contributed by atoms with Gasteiger partial charge in [0, 0.05) is 12.2 Å². The van der Waals surface area contributed by atoms with Gasteiger partial charge in [0.05, 0.1) is 16.0 Å². The number of amides is 1. The van der Waals surface area contributed by atoms with Crippen LogP contribution in [0.25, 0.3) is 21.7 Å². The first-order chi connectivity index (χ1) is 14.1. The van der Waals surface area contributed by atoms with Crippen molar-refractivity contribution in [3.05, 3.63) is 63.6 Å². The number of carbonyl (C=O) groups is 1. The zero-order valence-corrected chi connectivity index (χ0v) is 16.6. The molecule has 0 aliphatic carbocycles. The van der Waals surface area contributed by atoms with E-state index in [2.05, 4.69) is 10.1 Å². The summed E-state index contributed by atoms with van der Waals surface area (Å²) in [6, 6.07) is 11.4. The summed E-state index contributed by atoms with van der Waals surface area (Å²) in [7, 11) is 0. The van der Waals surface area contributed by atoms with E-state index in [1.54, 1.807) is 23.3 Å². The highest BCUT2D eigenvalue weighted by molar-refractivity contribution is 7.19. The fraction of sp³-hybridized carbons (Fsp3) is 0.238. The Kier molecular flexibility index (Phi) is 4.28. The molecular formula is C21H18N4O3S. The number of nitrogens with zero attached hydrogens (tertiary/aromatic N) is 4. The number of anilines is 1. The van der Waals surface area contributed by atoms with Crippen molar-refractivity contribution in [1.29, 1.82) is 0 Å². The van der Waals surface area contributed by atoms with E-state index in [1.807, 2.05) is 31.2 Å². The number of fused-ring (bicyclic) bond motifs is 2. The van der Waals surface area contributed by atoms with Crippen LogP contribution in [0.1, 0.15) is 17.0 Å². The van der Waals surface area contributed by atoms with Crippen LogP contribution >= 0.6 is 11.3 Å². The molecule has 8 heteroatoms. The maximum absolute atomic E-state index is 13.1. The number of furan rings is 1. The zero-order chi connectivity index (χ0) is 20.0. The molecule has 3 aromatic heterocycles. The second-order valence-electron chi connectivity index (χ2n) is 6.98. The van der Waals surface area contributed by atoms with E-state index in [9.17, 15) is 9.59 Å². The van der Waals surface area contributed by atoms with E-state index in [4.69, 9.17) is 4.42 Å². The molecular weight excluding hydrogens is 388 g/mol. The Morgan fingerprint density at radius 1 is 1.24 bits per heavy atom. The van der Waals surface area contributed by atoms with Crippen LogP contribution in [-0.2, 0) is 17.8 Å². The Hall–Kier alpha value is -3.26. The lowest BCUT2D eigenvalue weighted by molar-refractivity contribution is -0.119. The van der Waals surface area contributed by atoms with Gasteiger partial charge in [-0.1, -0.05) is 18.2 Å². The molecule has 29 heavy (non-hydrogen) atoms. The molecule has 1 aliphatic rings. The molecule has 0 spiro atoms. The molecule has 0 fully saturated rings. The predicted molar refractivity (Wildman–Crippen MR) is 111 cm³/mol. The quantitative estimate of drug-likeness (QED) is 0.521. The normalized spacial score (nSPS) is 13.6. The van der Waals surface area contributed by atoms with Gasteiger partial charge in [-0.2, -0.15) is 5.10 Å². The van der Waals surface area contributed by atoms with Gasteiger partial charge in [0.1, 0.15) is 12.2 Å². The van der Waals surface area contributed by atoms with E-state index in [0.717, 1.165) is 29.1 Å². The minimum Gasteiger partial charge on any atom is -0.463 e. The number of benzene rings is 1. The summed E-state index contributed by atoms with van der Waals surface area (Å²) in [6.07, 6.45) is 3.40. The number of aromatic nitrogens is 3. The molecule has 7 nitrogen and oxygen atoms in total. The van der Waals surface area contributed by atoms with Crippen molar-refractivity contribution >= 4 is 33.1 Å². The van der Waals surface area contributed by atoms with Gasteiger partial charge in [0.25, 0.3) is 5.56 Å². The van der Waals surface area contributed by atoms with Crippen molar-refractivity contribution in [2.75, 3.05) is 11.4 Å². The van der Waals surface area contributed by atoms with Crippen molar-refractivity contribution in [2.24, 2.45) is 0 Å². The smallest absolute Gasteiger partial charge is 0.294 e. The summed E-state index contributed by atoms with van der Waals surface area (Å²) >= 11 is 1.40. The topological polar surface area (TPSA) is 81.2 Å². The first-order valence-electron chi connectivity index (χ1n) is 9.42. The van der Waals surface area contributed by atoms with Crippen molar-refractivity contribution in [1.82, 2.24) is 14.8 Å². The second kappa shape index (κ2) is 6.97. The Bertz CT molecular complexity index is 1270. The minimum atomic E-state index is -0.363. The first kappa shape index (κ1) is 17.8. The maximum Gasteiger partial charge on any atom is 0.294 e. The first-order valence-corrected chi connectivity index (χ1v) is 10.2. The van der Waals surface area contributed by atoms with Crippen molar-refractivity contribution in [3.8, 4) is 11.5 Å². The number of rotatable bonds is 3. The van der Waals surface area contributed by atoms with E-state index >= 15 is 0 Å². The van der Waals surface area contributed by atoms with E-state index in [0.29, 0.717) is 28.2 Å². The van der Waals surface area contributed by atoms with Crippen molar-refractivity contribution in [2.45, 2.75) is 26.3 Å². The van der Waals surface area contributed by atoms with Gasteiger partial charge in [0.15, 0.2) is 11.3 Å². The molecule has 1 amide bonds. The summed E-state index contributed by atoms with van der Waals surface area (Å²) in [6.45, 7) is 2.33. The van der Waals surface area contributed by atoms with Gasteiger partial charge >= 0.3 is 0 Å². The average molecular weight is 406 g/mol. The van der Waals surface area contributed by atoms with Crippen LogP contribution in [-0.4, -0.2) is 27.2 Å². The molecule has 1 aromatic carbocycles. The molecule has 0 atom stereocenters. The second-order valence-corrected chi connectivity index (χ2v) is 8.18. The number of hydrogen-bond donors (Lipinski definition) is 0. The van der Waals surface area contributed by atoms with E-state index in [-0.39, 0.29) is 18.0 Å². The van der Waals surface area contributed by atoms with Crippen LogP contribution in [0, 0.1) is 6.92 Å². The third-order valence-corrected chi connectivity index (χ3v) is 6.04. The average Bonchev–Trinajstić information content (AvgIpc) is 3.39. The molecule has 0 radical (unpaired) electrons. The lowest BCUT2D eigenvalue weighted by Crippen LogP contribution is -2.40. The lowest BCUT2D eigenvalue weighted by atomic mass is 10.0. The standard InChI is InChI=1S/C21H18N4O3S/c1-13-22-19-20(29-13)18(16-9-5-11-28-16)23-25(21(19)27)12-17(26)24-10-4-7-14-6-2-3-8-15(14)24/h2-3,5-6,8-9,11H,4,7,10,12H2,1H3. The largest absolute Gasteiger partial charge is 0.463 e. The van der Waals surface area contributed by atoms with E-state index in [1.165, 1.54) is 16.0 Å². The molecule has 0 N–H and O–H groups in total. The fourth-order valence-electron chi connectivity index (χ4n) is 3.75. The highest BCUT2D eigenvalue weighted by Crippen LogP contribution is 2.30. The van der Waals surface area contributed by atoms with Gasteiger partial charge in [-0.3, -0.25) is 9.59 Å². The fourth-order valence-corrected chi connectivity index (χ4v) is 4.65. The van der Waals surface area contributed by atoms with Gasteiger partial charge in [-0.15, -0.1) is 11.3 Å². The van der Waals surface area contributed by atoms with Crippen LogP contribution in [0.4, 0.5) is 5.69 Å². The molecule has 0 unspecified atom stereocenters. The number of carbonyl (C=O) groups excluding carboxylic acids is 1. The highest BCUT2D eigenvalue weighted by atomic mass is 32.1. The molecule has 146 valence electrons. The zero-order valence-electron chi connectivity index (χ0n) is 15.8. The Morgan fingerprint density at radius 2 is 2.10 bits per heavy atom. The third-order valence-electron chi connectivity index (χ3n) is 5.06. The van der Waals surface area contributed by atoms with Gasteiger partial charge in [-0.25, -0.2) is 9.67 Å². The Morgan fingerprint density at radius 3 is 2.93 bits per heavy atom. The highest BCUT2D eigenvalue weighted by Gasteiger charge is 2.24. The van der Waals surface area contributed by atoms with Crippen molar-refractivity contribution < 1.29 is 9.21 Å². The summed E-state index contributed by atoms with van der Waals surface area (Å²) in [5, 5.41) is 5.24. The number of thiazole rings is 1. The van der Waals surface area contributed by atoms with Crippen LogP contribution in [0.15, 0.2) is 51.9 Å². The number of aryl methyl sites for hydroxylation is 2. The minimum absolute atomic E-state index is 0.145. The van der Waals surface area contributed by atoms with Crippen LogP contribution in [0.5, 0.6) is 0 Å². The number of hydrogen-bond acceptors (Lipinski definition) is 6. The summed E-state index contributed by atoms with van der Waals surface area (Å²) in [5.74, 6) is 0.381. The number of para-hydroxylation sites is 1. The molecule has 1 aliphatic heterocycles. The van der Waals surface area contributed by atoms with Crippen LogP contribution in [0.3, 0.4) is 0 Å². The molecule has 0 saturated heterocycles. The predicted octanol–water partition coefficient (Wildman–Crippen LogP) is 3.40. The Labute approximate surface area is 170 Å². The maximum atomic E-state index is 13.1. The van der Waals surface area contributed by atoms with Gasteiger partial charge in [0.2, 0.25) is 5.91 Å². The van der Waals surface area contributed by atoms with Crippen LogP contribution < -0.4 is 10.5 Å². The lowest BCUT2D eigenvalue weighted by Gasteiger charge is -2.29. The van der Waals surface area contributed by atoms with E-state index < -0.39 is 0 Å². The SMILES string of the molecule is Cc1nc2c(=O)n(CC(=O)N3CCCc4ccccc43)nc(-c3ccco3)c2s1. The Balaban J connectivity index is 1.57. The van der Waals surface area contributed by atoms with Crippen molar-refractivity contribution in [3.63, 3.8) is 0 Å². The molecule has 0 bridgehead atoms. The van der Waals surface area contributed by atoms with Crippen LogP contribution in [0.2, 0.25) is 0 Å². The molecule has 4 heterocycles. The molecule has 0 saturated carbocycles. The third kappa shape index (κ3) is 3.05.